The molecule has 0 saturated carbocycles. The Bertz CT molecular complexity index is 939. The molecule has 1 atom stereocenters. The second-order valence-electron chi connectivity index (χ2n) is 6.20. The number of nitrogens with one attached hydrogen (secondary N) is 1. The minimum absolute atomic E-state index is 0.149. The van der Waals surface area contributed by atoms with Crippen LogP contribution in [0.15, 0.2) is 73.2 Å². The van der Waals surface area contributed by atoms with Crippen LogP contribution in [-0.4, -0.2) is 15.9 Å². The Kier molecular flexibility index (Phi) is 5.94. The van der Waals surface area contributed by atoms with Crippen molar-refractivity contribution in [3.8, 4) is 11.6 Å². The standard InChI is InChI=1S/C22H21N3O2/c1-16-5-3-6-18(13-16)9-10-21(26)25-17(2)19-7-4-8-20(14-19)27-22-15-23-11-12-24-22/h3-15,17H,1-2H3,(H,25,26)/t17-/m0/s1. The number of amides is 1. The van der Waals surface area contributed by atoms with E-state index in [1.54, 1.807) is 24.7 Å². The lowest BCUT2D eigenvalue weighted by Gasteiger charge is -2.14. The van der Waals surface area contributed by atoms with Gasteiger partial charge < -0.3 is 10.1 Å². The molecule has 1 aromatic heterocycles. The molecule has 1 amide bonds. The minimum Gasteiger partial charge on any atom is -0.437 e. The molecule has 5 nitrogen and oxygen atoms in total. The first-order valence-corrected chi connectivity index (χ1v) is 8.69. The van der Waals surface area contributed by atoms with Gasteiger partial charge in [0.25, 0.3) is 0 Å². The topological polar surface area (TPSA) is 64.1 Å². The second-order valence-corrected chi connectivity index (χ2v) is 6.20. The fourth-order valence-electron chi connectivity index (χ4n) is 2.60. The van der Waals surface area contributed by atoms with Crippen LogP contribution in [-0.2, 0) is 4.79 Å². The van der Waals surface area contributed by atoms with E-state index < -0.39 is 0 Å². The largest absolute Gasteiger partial charge is 0.437 e. The number of benzene rings is 2. The molecule has 5 heteroatoms. The molecule has 0 spiro atoms. The third-order valence-corrected chi connectivity index (χ3v) is 3.95. The molecular weight excluding hydrogens is 338 g/mol. The van der Waals surface area contributed by atoms with Crippen LogP contribution in [0.3, 0.4) is 0 Å². The zero-order valence-electron chi connectivity index (χ0n) is 15.3. The third-order valence-electron chi connectivity index (χ3n) is 3.95. The van der Waals surface area contributed by atoms with E-state index in [0.29, 0.717) is 11.6 Å². The summed E-state index contributed by atoms with van der Waals surface area (Å²) in [6.07, 6.45) is 8.07. The van der Waals surface area contributed by atoms with E-state index in [0.717, 1.165) is 16.7 Å². The molecule has 3 rings (SSSR count). The van der Waals surface area contributed by atoms with Gasteiger partial charge in [0.15, 0.2) is 0 Å². The van der Waals surface area contributed by atoms with Crippen molar-refractivity contribution in [3.05, 3.63) is 89.9 Å². The number of hydrogen-bond acceptors (Lipinski definition) is 4. The monoisotopic (exact) mass is 359 g/mol. The summed E-state index contributed by atoms with van der Waals surface area (Å²) >= 11 is 0. The van der Waals surface area contributed by atoms with Crippen LogP contribution in [0.5, 0.6) is 11.6 Å². The van der Waals surface area contributed by atoms with Crippen molar-refractivity contribution in [2.45, 2.75) is 19.9 Å². The van der Waals surface area contributed by atoms with Crippen LogP contribution in [0.25, 0.3) is 6.08 Å². The molecule has 0 unspecified atom stereocenters. The van der Waals surface area contributed by atoms with Gasteiger partial charge in [-0.05, 0) is 43.2 Å². The van der Waals surface area contributed by atoms with Gasteiger partial charge in [-0.15, -0.1) is 0 Å². The summed E-state index contributed by atoms with van der Waals surface area (Å²) < 4.78 is 5.69. The van der Waals surface area contributed by atoms with Gasteiger partial charge in [0.2, 0.25) is 11.8 Å². The summed E-state index contributed by atoms with van der Waals surface area (Å²) in [5.41, 5.74) is 3.09. The van der Waals surface area contributed by atoms with Gasteiger partial charge in [0.05, 0.1) is 12.2 Å². The SMILES string of the molecule is Cc1cccc(C=CC(=O)N[C@@H](C)c2cccc(Oc3cnccn3)c2)c1. The van der Waals surface area contributed by atoms with Crippen molar-refractivity contribution in [2.24, 2.45) is 0 Å². The van der Waals surface area contributed by atoms with Crippen LogP contribution >= 0.6 is 0 Å². The molecule has 3 aromatic rings. The highest BCUT2D eigenvalue weighted by atomic mass is 16.5. The maximum Gasteiger partial charge on any atom is 0.244 e. The van der Waals surface area contributed by atoms with Crippen LogP contribution < -0.4 is 10.1 Å². The summed E-state index contributed by atoms with van der Waals surface area (Å²) in [7, 11) is 0. The number of carbonyl (C=O) groups is 1. The lowest BCUT2D eigenvalue weighted by atomic mass is 10.1. The number of hydrogen-bond donors (Lipinski definition) is 1. The number of aromatic nitrogens is 2. The first kappa shape index (κ1) is 18.3. The molecule has 0 radical (unpaired) electrons. The average molecular weight is 359 g/mol. The molecule has 1 heterocycles. The first-order valence-electron chi connectivity index (χ1n) is 8.69. The van der Waals surface area contributed by atoms with Crippen molar-refractivity contribution in [1.82, 2.24) is 15.3 Å². The Morgan fingerprint density at radius 1 is 1.15 bits per heavy atom. The van der Waals surface area contributed by atoms with E-state index in [-0.39, 0.29) is 11.9 Å². The van der Waals surface area contributed by atoms with Gasteiger partial charge in [0.1, 0.15) is 5.75 Å². The fourth-order valence-corrected chi connectivity index (χ4v) is 2.60. The number of carbonyl (C=O) groups excluding carboxylic acids is 1. The normalized spacial score (nSPS) is 11.9. The zero-order chi connectivity index (χ0) is 19.1. The molecule has 0 aliphatic carbocycles. The highest BCUT2D eigenvalue weighted by Crippen LogP contribution is 2.22. The fraction of sp³-hybridized carbons (Fsp3) is 0.136. The van der Waals surface area contributed by atoms with E-state index in [1.165, 1.54) is 0 Å². The first-order chi connectivity index (χ1) is 13.1. The molecule has 0 aliphatic rings. The van der Waals surface area contributed by atoms with Crippen LogP contribution in [0.1, 0.15) is 29.7 Å². The summed E-state index contributed by atoms with van der Waals surface area (Å²) in [5.74, 6) is 0.918. The lowest BCUT2D eigenvalue weighted by Crippen LogP contribution is -2.24. The smallest absolute Gasteiger partial charge is 0.244 e. The van der Waals surface area contributed by atoms with Crippen LogP contribution in [0.2, 0.25) is 0 Å². The number of ether oxygens (including phenoxy) is 1. The van der Waals surface area contributed by atoms with Crippen molar-refractivity contribution >= 4 is 12.0 Å². The number of rotatable bonds is 6. The van der Waals surface area contributed by atoms with Gasteiger partial charge in [-0.25, -0.2) is 4.98 Å². The Balaban J connectivity index is 1.62. The Hall–Kier alpha value is -3.47. The predicted molar refractivity (Wildman–Crippen MR) is 105 cm³/mol. The van der Waals surface area contributed by atoms with Crippen molar-refractivity contribution in [2.75, 3.05) is 0 Å². The molecule has 0 fully saturated rings. The van der Waals surface area contributed by atoms with Crippen molar-refractivity contribution in [1.29, 1.82) is 0 Å². The summed E-state index contributed by atoms with van der Waals surface area (Å²) in [6, 6.07) is 15.4. The Morgan fingerprint density at radius 3 is 2.78 bits per heavy atom. The second kappa shape index (κ2) is 8.76. The van der Waals surface area contributed by atoms with Crippen molar-refractivity contribution in [3.63, 3.8) is 0 Å². The number of nitrogens with zero attached hydrogens (tertiary/aromatic N) is 2. The average Bonchev–Trinajstić information content (AvgIpc) is 2.67. The maximum atomic E-state index is 12.2. The lowest BCUT2D eigenvalue weighted by molar-refractivity contribution is -0.117. The van der Waals surface area contributed by atoms with E-state index in [4.69, 9.17) is 4.74 Å². The van der Waals surface area contributed by atoms with E-state index in [2.05, 4.69) is 15.3 Å². The summed E-state index contributed by atoms with van der Waals surface area (Å²) in [4.78, 5) is 20.3. The molecule has 0 saturated heterocycles. The third kappa shape index (κ3) is 5.51. The van der Waals surface area contributed by atoms with Gasteiger partial charge in [-0.1, -0.05) is 42.0 Å². The molecular formula is C22H21N3O2. The quantitative estimate of drug-likeness (QED) is 0.660. The van der Waals surface area contributed by atoms with E-state index in [1.807, 2.05) is 68.5 Å². The highest BCUT2D eigenvalue weighted by molar-refractivity contribution is 5.92. The molecule has 1 N–H and O–H groups in total. The molecule has 0 bridgehead atoms. The van der Waals surface area contributed by atoms with Gasteiger partial charge in [-0.3, -0.25) is 9.78 Å². The van der Waals surface area contributed by atoms with Gasteiger partial charge >= 0.3 is 0 Å². The molecule has 2 aromatic carbocycles. The van der Waals surface area contributed by atoms with Crippen LogP contribution in [0.4, 0.5) is 0 Å². The zero-order valence-corrected chi connectivity index (χ0v) is 15.3. The Morgan fingerprint density at radius 2 is 2.00 bits per heavy atom. The van der Waals surface area contributed by atoms with Crippen molar-refractivity contribution < 1.29 is 9.53 Å². The molecule has 0 aliphatic heterocycles. The van der Waals surface area contributed by atoms with E-state index >= 15 is 0 Å². The van der Waals surface area contributed by atoms with E-state index in [9.17, 15) is 4.79 Å². The predicted octanol–water partition coefficient (Wildman–Crippen LogP) is 4.47. The highest BCUT2D eigenvalue weighted by Gasteiger charge is 2.09. The summed E-state index contributed by atoms with van der Waals surface area (Å²) in [6.45, 7) is 3.95. The van der Waals surface area contributed by atoms with Gasteiger partial charge in [-0.2, -0.15) is 0 Å². The maximum absolute atomic E-state index is 12.2. The molecule has 27 heavy (non-hydrogen) atoms. The Labute approximate surface area is 158 Å². The summed E-state index contributed by atoms with van der Waals surface area (Å²) in [5, 5.41) is 2.96. The van der Waals surface area contributed by atoms with Crippen LogP contribution in [0, 0.1) is 6.92 Å². The minimum atomic E-state index is -0.162. The molecule has 136 valence electrons. The number of aryl methyl sites for hydroxylation is 1. The van der Waals surface area contributed by atoms with Gasteiger partial charge in [0, 0.05) is 18.5 Å².